The molecule has 3 aliphatic heterocycles. The molecule has 3 heterocycles. The monoisotopic (exact) mass is 1590 g/mol. The Morgan fingerprint density at radius 2 is 0.422 bits per heavy atom. The fraction of sp³-hybridized carbons (Fsp3) is 0.222. The molecule has 13 rings (SSSR count). The number of benzene rings is 10. The van der Waals surface area contributed by atoms with Gasteiger partial charge in [-0.25, -0.2) is 47.9 Å². The van der Waals surface area contributed by atoms with Crippen molar-refractivity contribution in [3.05, 3.63) is 359 Å². The highest BCUT2D eigenvalue weighted by molar-refractivity contribution is 7.99. The summed E-state index contributed by atoms with van der Waals surface area (Å²) >= 11 is 1.12. The first kappa shape index (κ1) is 81.1. The first-order valence-corrected chi connectivity index (χ1v) is 38.1. The van der Waals surface area contributed by atoms with E-state index in [2.05, 4.69) is 0 Å². The molecule has 0 saturated carbocycles. The molecule has 3 fully saturated rings. The van der Waals surface area contributed by atoms with Crippen molar-refractivity contribution in [2.24, 2.45) is 0 Å². The van der Waals surface area contributed by atoms with E-state index in [1.807, 2.05) is 0 Å². The van der Waals surface area contributed by atoms with Gasteiger partial charge in [-0.3, -0.25) is 0 Å². The van der Waals surface area contributed by atoms with Crippen LogP contribution in [0.25, 0.3) is 0 Å². The summed E-state index contributed by atoms with van der Waals surface area (Å²) in [7, 11) is 0. The molecule has 26 heteroatoms. The zero-order valence-electron chi connectivity index (χ0n) is 62.0. The highest BCUT2D eigenvalue weighted by Crippen LogP contribution is 2.41. The predicted molar refractivity (Wildman–Crippen MR) is 414 cm³/mol. The lowest BCUT2D eigenvalue weighted by Gasteiger charge is -2.50. The van der Waals surface area contributed by atoms with Gasteiger partial charge in [0.05, 0.1) is 55.6 Å². The lowest BCUT2D eigenvalue weighted by atomic mass is 9.95. The fourth-order valence-corrected chi connectivity index (χ4v) is 13.9. The van der Waals surface area contributed by atoms with Crippen LogP contribution in [-0.2, 0) is 71.1 Å². The van der Waals surface area contributed by atoms with Gasteiger partial charge in [0, 0.05) is 0 Å². The van der Waals surface area contributed by atoms with Gasteiger partial charge in [-0.15, -0.1) is 11.8 Å². The first-order chi connectivity index (χ1) is 56.6. The highest BCUT2D eigenvalue weighted by atomic mass is 32.2. The molecular formula is C90H76O25S. The van der Waals surface area contributed by atoms with Crippen LogP contribution in [-0.4, -0.2) is 177 Å². The van der Waals surface area contributed by atoms with Gasteiger partial charge < -0.3 is 71.1 Å². The van der Waals surface area contributed by atoms with Gasteiger partial charge in [0.25, 0.3) is 0 Å². The van der Waals surface area contributed by atoms with Crippen LogP contribution < -0.4 is 0 Å². The molecule has 0 N–H and O–H groups in total. The fourth-order valence-electron chi connectivity index (χ4n) is 12.9. The van der Waals surface area contributed by atoms with E-state index in [9.17, 15) is 24.0 Å². The quantitative estimate of drug-likeness (QED) is 0.0310. The van der Waals surface area contributed by atoms with Crippen molar-refractivity contribution in [3.8, 4) is 0 Å². The first-order valence-electron chi connectivity index (χ1n) is 37.0. The van der Waals surface area contributed by atoms with Crippen LogP contribution in [0.15, 0.2) is 303 Å². The third-order valence-corrected chi connectivity index (χ3v) is 19.7. The number of rotatable bonds is 29. The minimum absolute atomic E-state index is 0.00131. The number of ether oxygens (including phenoxy) is 15. The summed E-state index contributed by atoms with van der Waals surface area (Å²) < 4.78 is 99.5. The summed E-state index contributed by atoms with van der Waals surface area (Å²) in [4.78, 5) is 149. The normalized spacial score (nSPS) is 22.8. The Bertz CT molecular complexity index is 4950. The van der Waals surface area contributed by atoms with Crippen molar-refractivity contribution >= 4 is 71.5 Å². The Kier molecular flexibility index (Phi) is 27.7. The van der Waals surface area contributed by atoms with Crippen molar-refractivity contribution in [3.63, 3.8) is 0 Å². The molecule has 15 atom stereocenters. The van der Waals surface area contributed by atoms with E-state index in [1.54, 1.807) is 153 Å². The minimum atomic E-state index is -2.28. The van der Waals surface area contributed by atoms with Gasteiger partial charge in [0.2, 0.25) is 0 Å². The second kappa shape index (κ2) is 39.7. The summed E-state index contributed by atoms with van der Waals surface area (Å²) in [6, 6.07) is 76.6. The molecule has 3 aliphatic rings. The molecule has 0 spiro atoms. The third-order valence-electron chi connectivity index (χ3n) is 18.6. The Labute approximate surface area is 669 Å². The summed E-state index contributed by atoms with van der Waals surface area (Å²) in [5, 5.41) is 0. The summed E-state index contributed by atoms with van der Waals surface area (Å²) in [6.07, 6.45) is -28.2. The van der Waals surface area contributed by atoms with E-state index in [0.717, 1.165) is 11.8 Å². The molecule has 10 aromatic carbocycles. The minimum Gasteiger partial charge on any atom is -0.459 e. The molecule has 116 heavy (non-hydrogen) atoms. The van der Waals surface area contributed by atoms with E-state index in [0.29, 0.717) is 0 Å². The van der Waals surface area contributed by atoms with Gasteiger partial charge in [-0.2, -0.15) is 0 Å². The molecule has 0 aliphatic carbocycles. The number of carbonyl (C=O) groups excluding carboxylic acids is 10. The van der Waals surface area contributed by atoms with Crippen LogP contribution in [0.3, 0.4) is 0 Å². The zero-order chi connectivity index (χ0) is 80.7. The highest BCUT2D eigenvalue weighted by Gasteiger charge is 2.61. The van der Waals surface area contributed by atoms with Gasteiger partial charge in [0.1, 0.15) is 55.8 Å². The van der Waals surface area contributed by atoms with E-state index in [-0.39, 0.29) is 61.4 Å². The van der Waals surface area contributed by atoms with Crippen LogP contribution in [0.4, 0.5) is 0 Å². The molecule has 6 unspecified atom stereocenters. The number of esters is 10. The van der Waals surface area contributed by atoms with Crippen LogP contribution >= 0.6 is 11.8 Å². The molecule has 25 nitrogen and oxygen atoms in total. The standard InChI is InChI=1S/C90H76O25S/c1-2-116-90-77(113-87(100)65-51-31-12-32-52-65)74(110-84(97)62-45-25-9-26-46-62)71(68(106-90)55-103-80(93)58-37-17-5-18-38-58)115-89-76(112-86(99)64-49-29-11-30-50-64)73(109-83(96)61-43-23-8-24-44-61)70(67(105-89)54-102-79(92)57-35-15-4-16-36-57)114-88-75(111-85(98)63-47-27-10-28-48-63)72(108-82(95)60-41-21-7-22-42-60)69(107-81(94)59-39-19-6-20-40-59)66(104-88)53-101-78(91)56-33-13-3-14-34-56/h3-52,66-77,88-90H,2,53-55H2,1H3/t66?,67?,68?,69-,70-,71-,72+,73+,74+,75?,76?,77?,88+,89+,90+/m1/s1. The lowest BCUT2D eigenvalue weighted by molar-refractivity contribution is -0.368. The van der Waals surface area contributed by atoms with Gasteiger partial charge in [-0.1, -0.05) is 189 Å². The van der Waals surface area contributed by atoms with Crippen LogP contribution in [0.5, 0.6) is 0 Å². The number of hydrogen-bond donors (Lipinski definition) is 0. The van der Waals surface area contributed by atoms with E-state index in [4.69, 9.17) is 71.1 Å². The van der Waals surface area contributed by atoms with Gasteiger partial charge in [0.15, 0.2) is 55.3 Å². The zero-order valence-corrected chi connectivity index (χ0v) is 62.8. The Morgan fingerprint density at radius 3 is 0.672 bits per heavy atom. The third kappa shape index (κ3) is 20.7. The Hall–Kier alpha value is -13.0. The smallest absolute Gasteiger partial charge is 0.338 e. The maximum Gasteiger partial charge on any atom is 0.338 e. The topological polar surface area (TPSA) is 309 Å². The maximum absolute atomic E-state index is 15.5. The lowest BCUT2D eigenvalue weighted by Crippen LogP contribution is -2.69. The van der Waals surface area contributed by atoms with Crippen molar-refractivity contribution in [1.82, 2.24) is 0 Å². The van der Waals surface area contributed by atoms with Crippen LogP contribution in [0.2, 0.25) is 0 Å². The summed E-state index contributed by atoms with van der Waals surface area (Å²) in [5.74, 6) is -9.92. The average molecular weight is 1590 g/mol. The second-order valence-electron chi connectivity index (χ2n) is 26.3. The van der Waals surface area contributed by atoms with Crippen LogP contribution in [0, 0.1) is 0 Å². The molecular weight excluding hydrogens is 1510 g/mol. The predicted octanol–water partition coefficient (Wildman–Crippen LogP) is 12.8. The molecule has 592 valence electrons. The van der Waals surface area contributed by atoms with Crippen molar-refractivity contribution in [1.29, 1.82) is 0 Å². The van der Waals surface area contributed by atoms with E-state index < -0.39 is 171 Å². The number of hydrogen-bond acceptors (Lipinski definition) is 26. The van der Waals surface area contributed by atoms with Gasteiger partial charge >= 0.3 is 59.7 Å². The molecule has 0 radical (unpaired) electrons. The van der Waals surface area contributed by atoms with E-state index in [1.165, 1.54) is 158 Å². The largest absolute Gasteiger partial charge is 0.459 e. The average Bonchev–Trinajstić information content (AvgIpc) is 0.753. The molecule has 0 bridgehead atoms. The molecule has 10 aromatic rings. The summed E-state index contributed by atoms with van der Waals surface area (Å²) in [5.41, 5.74) is -1.44. The number of thioether (sulfide) groups is 1. The number of carbonyl (C=O) groups is 10. The van der Waals surface area contributed by atoms with Crippen molar-refractivity contribution < 1.29 is 119 Å². The van der Waals surface area contributed by atoms with Gasteiger partial charge in [-0.05, 0) is 127 Å². The Balaban J connectivity index is 1.01. The Morgan fingerprint density at radius 1 is 0.233 bits per heavy atom. The molecule has 0 amide bonds. The SMILES string of the molecule is CCS[C@@H]1OC(COC(=O)c2ccccc2)[C@@H](O[C@@H]2OC(COC(=O)c3ccccc3)[C@@H](O[C@@H]3OC(COC(=O)c4ccccc4)[C@@H](OC(=O)c4ccccc4)[C@H](OC(=O)c4ccccc4)C3OC(=O)c3ccccc3)[C@H](OC(=O)c3ccccc3)C2OC(=O)c2ccccc2)[C@H](OC(=O)c2ccccc2)C1OC(=O)c1ccccc1. The van der Waals surface area contributed by atoms with Crippen molar-refractivity contribution in [2.75, 3.05) is 25.6 Å². The second-order valence-corrected chi connectivity index (χ2v) is 27.7. The molecule has 0 aromatic heterocycles. The van der Waals surface area contributed by atoms with Crippen LogP contribution in [0.1, 0.15) is 111 Å². The van der Waals surface area contributed by atoms with Crippen molar-refractivity contribution in [2.45, 2.75) is 98.2 Å². The molecule has 3 saturated heterocycles. The van der Waals surface area contributed by atoms with E-state index >= 15 is 24.0 Å². The summed E-state index contributed by atoms with van der Waals surface area (Å²) in [6.45, 7) is -0.761. The maximum atomic E-state index is 15.5.